The third-order valence-corrected chi connectivity index (χ3v) is 4.72. The van der Waals surface area contributed by atoms with Crippen LogP contribution in [0.25, 0.3) is 10.8 Å². The van der Waals surface area contributed by atoms with Gasteiger partial charge in [-0.3, -0.25) is 0 Å². The van der Waals surface area contributed by atoms with E-state index in [1.54, 1.807) is 0 Å². The molecule has 3 aromatic rings. The molecule has 0 saturated carbocycles. The van der Waals surface area contributed by atoms with E-state index in [4.69, 9.17) is 4.43 Å². The molecule has 3 nitrogen and oxygen atoms in total. The first kappa shape index (κ1) is 17.4. The lowest BCUT2D eigenvalue weighted by Crippen LogP contribution is -2.29. The Kier molecular flexibility index (Phi) is 4.73. The Bertz CT molecular complexity index is 942. The summed E-state index contributed by atoms with van der Waals surface area (Å²) in [4.78, 5) is 0. The number of aryl methyl sites for hydroxylation is 2. The molecule has 0 N–H and O–H groups in total. The van der Waals surface area contributed by atoms with Crippen LogP contribution in [-0.4, -0.2) is 8.32 Å². The van der Waals surface area contributed by atoms with Gasteiger partial charge in [-0.25, -0.2) is 0 Å². The van der Waals surface area contributed by atoms with Gasteiger partial charge in [0.05, 0.1) is 5.69 Å². The summed E-state index contributed by atoms with van der Waals surface area (Å²) < 4.78 is 6.26. The van der Waals surface area contributed by atoms with E-state index in [0.29, 0.717) is 0 Å². The molecule has 0 fully saturated rings. The summed E-state index contributed by atoms with van der Waals surface area (Å²) in [5.74, 6) is 0.811. The Morgan fingerprint density at radius 1 is 0.840 bits per heavy atom. The molecule has 0 aliphatic heterocycles. The monoisotopic (exact) mass is 348 g/mol. The number of rotatable bonds is 4. The molecule has 25 heavy (non-hydrogen) atoms. The second-order valence-corrected chi connectivity index (χ2v) is 11.8. The Balaban J connectivity index is 2.11. The first-order chi connectivity index (χ1) is 11.8. The van der Waals surface area contributed by atoms with Crippen molar-refractivity contribution in [3.05, 3.63) is 65.7 Å². The van der Waals surface area contributed by atoms with Crippen LogP contribution in [0.4, 0.5) is 11.4 Å². The van der Waals surface area contributed by atoms with Crippen LogP contribution in [-0.2, 0) is 0 Å². The summed E-state index contributed by atoms with van der Waals surface area (Å²) in [6.45, 7) is 10.7. The number of azo groups is 1. The van der Waals surface area contributed by atoms with E-state index in [9.17, 15) is 0 Å². The van der Waals surface area contributed by atoms with Gasteiger partial charge in [-0.05, 0) is 56.6 Å². The number of benzene rings is 3. The van der Waals surface area contributed by atoms with Gasteiger partial charge in [0.25, 0.3) is 0 Å². The summed E-state index contributed by atoms with van der Waals surface area (Å²) in [7, 11) is -1.75. The van der Waals surface area contributed by atoms with Gasteiger partial charge in [-0.15, -0.1) is 5.11 Å². The molecule has 0 unspecified atom stereocenters. The molecular formula is C21H24N2OSi. The van der Waals surface area contributed by atoms with E-state index in [1.165, 1.54) is 5.56 Å². The minimum absolute atomic E-state index is 0.806. The van der Waals surface area contributed by atoms with Crippen LogP contribution in [0.2, 0.25) is 19.6 Å². The molecule has 0 atom stereocenters. The standard InChI is InChI=1S/C21H24N2OSi/c1-15-10-12-19(16(2)14-15)22-23-21-18-9-7-6-8-17(18)11-13-20(21)24-25(3,4)5/h6-14H,1-5H3. The molecule has 0 saturated heterocycles. The Morgan fingerprint density at radius 2 is 1.60 bits per heavy atom. The molecule has 128 valence electrons. The zero-order valence-corrected chi connectivity index (χ0v) is 16.5. The van der Waals surface area contributed by atoms with Crippen molar-refractivity contribution in [1.29, 1.82) is 0 Å². The largest absolute Gasteiger partial charge is 0.543 e. The van der Waals surface area contributed by atoms with Crippen LogP contribution >= 0.6 is 0 Å². The van der Waals surface area contributed by atoms with Gasteiger partial charge < -0.3 is 4.43 Å². The minimum Gasteiger partial charge on any atom is -0.543 e. The van der Waals surface area contributed by atoms with Crippen LogP contribution in [0.1, 0.15) is 11.1 Å². The number of fused-ring (bicyclic) bond motifs is 1. The van der Waals surface area contributed by atoms with E-state index in [0.717, 1.165) is 33.5 Å². The van der Waals surface area contributed by atoms with Crippen LogP contribution in [0.3, 0.4) is 0 Å². The lowest BCUT2D eigenvalue weighted by Gasteiger charge is -2.21. The molecule has 0 aliphatic rings. The predicted octanol–water partition coefficient (Wildman–Crippen LogP) is 7.09. The van der Waals surface area contributed by atoms with Crippen molar-refractivity contribution in [3.8, 4) is 5.75 Å². The maximum Gasteiger partial charge on any atom is 0.242 e. The number of hydrogen-bond donors (Lipinski definition) is 0. The SMILES string of the molecule is Cc1ccc(N=Nc2c(O[Si](C)(C)C)ccc3ccccc23)c(C)c1. The zero-order valence-electron chi connectivity index (χ0n) is 15.5. The van der Waals surface area contributed by atoms with Gasteiger partial charge in [-0.2, -0.15) is 5.11 Å². The Morgan fingerprint density at radius 3 is 2.32 bits per heavy atom. The van der Waals surface area contributed by atoms with E-state index in [2.05, 4.69) is 74.0 Å². The van der Waals surface area contributed by atoms with E-state index >= 15 is 0 Å². The average Bonchev–Trinajstić information content (AvgIpc) is 2.54. The molecule has 3 aromatic carbocycles. The summed E-state index contributed by atoms with van der Waals surface area (Å²) in [5, 5.41) is 11.3. The van der Waals surface area contributed by atoms with Crippen molar-refractivity contribution in [2.45, 2.75) is 33.5 Å². The molecule has 0 aromatic heterocycles. The van der Waals surface area contributed by atoms with Gasteiger partial charge in [0.15, 0.2) is 0 Å². The first-order valence-corrected chi connectivity index (χ1v) is 11.9. The molecule has 0 bridgehead atoms. The quantitative estimate of drug-likeness (QED) is 0.366. The highest BCUT2D eigenvalue weighted by atomic mass is 28.4. The van der Waals surface area contributed by atoms with Crippen LogP contribution in [0, 0.1) is 13.8 Å². The Hall–Kier alpha value is -2.46. The van der Waals surface area contributed by atoms with E-state index < -0.39 is 8.32 Å². The van der Waals surface area contributed by atoms with Crippen molar-refractivity contribution in [2.24, 2.45) is 10.2 Å². The van der Waals surface area contributed by atoms with Gasteiger partial charge in [0.1, 0.15) is 11.4 Å². The normalized spacial score (nSPS) is 12.0. The van der Waals surface area contributed by atoms with Crippen molar-refractivity contribution in [1.82, 2.24) is 0 Å². The summed E-state index contributed by atoms with van der Waals surface area (Å²) in [6, 6.07) is 18.5. The fourth-order valence-electron chi connectivity index (χ4n) is 2.77. The van der Waals surface area contributed by atoms with Crippen LogP contribution < -0.4 is 4.43 Å². The molecule has 0 aliphatic carbocycles. The highest BCUT2D eigenvalue weighted by Gasteiger charge is 2.19. The van der Waals surface area contributed by atoms with Gasteiger partial charge in [0, 0.05) is 5.39 Å². The maximum absolute atomic E-state index is 6.26. The number of nitrogens with zero attached hydrogens (tertiary/aromatic N) is 2. The molecule has 0 amide bonds. The Labute approximate surface area is 150 Å². The fourth-order valence-corrected chi connectivity index (χ4v) is 3.60. The van der Waals surface area contributed by atoms with E-state index in [1.807, 2.05) is 24.3 Å². The van der Waals surface area contributed by atoms with Crippen LogP contribution in [0.5, 0.6) is 5.75 Å². The van der Waals surface area contributed by atoms with Crippen molar-refractivity contribution >= 4 is 30.5 Å². The molecule has 4 heteroatoms. The average molecular weight is 349 g/mol. The number of hydrogen-bond acceptors (Lipinski definition) is 3. The second-order valence-electron chi connectivity index (χ2n) is 7.34. The lowest BCUT2D eigenvalue weighted by molar-refractivity contribution is 0.559. The van der Waals surface area contributed by atoms with E-state index in [-0.39, 0.29) is 0 Å². The molecule has 3 rings (SSSR count). The summed E-state index contributed by atoms with van der Waals surface area (Å²) >= 11 is 0. The predicted molar refractivity (Wildman–Crippen MR) is 108 cm³/mol. The molecule has 0 spiro atoms. The van der Waals surface area contributed by atoms with Crippen LogP contribution in [0.15, 0.2) is 64.8 Å². The maximum atomic E-state index is 6.26. The first-order valence-electron chi connectivity index (χ1n) is 8.53. The summed E-state index contributed by atoms with van der Waals surface area (Å²) in [5.41, 5.74) is 4.04. The molecule has 0 heterocycles. The summed E-state index contributed by atoms with van der Waals surface area (Å²) in [6.07, 6.45) is 0. The van der Waals surface area contributed by atoms with Crippen molar-refractivity contribution in [3.63, 3.8) is 0 Å². The van der Waals surface area contributed by atoms with Gasteiger partial charge >= 0.3 is 0 Å². The molecular weight excluding hydrogens is 324 g/mol. The van der Waals surface area contributed by atoms with Crippen molar-refractivity contribution in [2.75, 3.05) is 0 Å². The topological polar surface area (TPSA) is 34.0 Å². The van der Waals surface area contributed by atoms with Gasteiger partial charge in [0.2, 0.25) is 8.32 Å². The lowest BCUT2D eigenvalue weighted by atomic mass is 10.1. The fraction of sp³-hybridized carbons (Fsp3) is 0.238. The molecule has 0 radical (unpaired) electrons. The third-order valence-electron chi connectivity index (χ3n) is 3.89. The third kappa shape index (κ3) is 4.14. The minimum atomic E-state index is -1.75. The highest BCUT2D eigenvalue weighted by molar-refractivity contribution is 6.70. The second kappa shape index (κ2) is 6.80. The smallest absolute Gasteiger partial charge is 0.242 e. The van der Waals surface area contributed by atoms with Crippen molar-refractivity contribution < 1.29 is 4.43 Å². The highest BCUT2D eigenvalue weighted by Crippen LogP contribution is 2.38. The zero-order chi connectivity index (χ0) is 18.0. The van der Waals surface area contributed by atoms with Gasteiger partial charge in [-0.1, -0.05) is 48.0 Å².